The first-order valence-electron chi connectivity index (χ1n) is 7.00. The Morgan fingerprint density at radius 3 is 2.70 bits per heavy atom. The van der Waals surface area contributed by atoms with E-state index in [9.17, 15) is 9.18 Å². The molecule has 4 rings (SSSR count). The molecule has 0 amide bonds. The molecule has 0 saturated carbocycles. The summed E-state index contributed by atoms with van der Waals surface area (Å²) in [6, 6.07) is 12.7. The van der Waals surface area contributed by atoms with E-state index in [-0.39, 0.29) is 5.56 Å². The monoisotopic (exact) mass is 411 g/mol. The van der Waals surface area contributed by atoms with Crippen LogP contribution in [0.25, 0.3) is 11.1 Å². The molecule has 4 nitrogen and oxygen atoms in total. The van der Waals surface area contributed by atoms with Crippen molar-refractivity contribution in [3.63, 3.8) is 0 Å². The van der Waals surface area contributed by atoms with Gasteiger partial charge in [-0.1, -0.05) is 0 Å². The van der Waals surface area contributed by atoms with Crippen LogP contribution in [0.15, 0.2) is 62.9 Å². The van der Waals surface area contributed by atoms with E-state index in [1.807, 2.05) is 18.2 Å². The first kappa shape index (κ1) is 14.3. The molecule has 0 spiro atoms. The molecule has 0 unspecified atom stereocenters. The van der Waals surface area contributed by atoms with Gasteiger partial charge in [0, 0.05) is 0 Å². The summed E-state index contributed by atoms with van der Waals surface area (Å²) in [6.45, 7) is 0. The van der Waals surface area contributed by atoms with Gasteiger partial charge in [0.2, 0.25) is 0 Å². The molecule has 2 aromatic heterocycles. The maximum absolute atomic E-state index is 13.4. The fourth-order valence-electron chi connectivity index (χ4n) is 2.59. The first-order valence-corrected chi connectivity index (χ1v) is 9.70. The number of benzene rings is 1. The van der Waals surface area contributed by atoms with E-state index in [2.05, 4.69) is 16.0 Å². The number of hydrogen-bond donors (Lipinski definition) is 1. The Balaban J connectivity index is 1.82. The molecule has 0 aliphatic carbocycles. The van der Waals surface area contributed by atoms with Crippen LogP contribution in [0, 0.1) is 5.95 Å². The fourth-order valence-corrected chi connectivity index (χ4v) is 5.30. The van der Waals surface area contributed by atoms with Crippen LogP contribution in [0.1, 0.15) is 11.1 Å². The number of nitrogens with one attached hydrogen (secondary N) is 1. The molecule has 1 aromatic carbocycles. The average Bonchev–Trinajstić information content (AvgIpc) is 2.98. The number of fused-ring (bicyclic) bond motifs is 1. The number of halogens is 1. The zero-order valence-corrected chi connectivity index (χ0v) is 14.7. The van der Waals surface area contributed by atoms with Gasteiger partial charge in [-0.2, -0.15) is 0 Å². The summed E-state index contributed by atoms with van der Waals surface area (Å²) in [5, 5.41) is 0. The van der Waals surface area contributed by atoms with Crippen molar-refractivity contribution in [3.8, 4) is 11.1 Å². The summed E-state index contributed by atoms with van der Waals surface area (Å²) in [4.78, 5) is 17.7. The minimum absolute atomic E-state index is 0.135. The van der Waals surface area contributed by atoms with Crippen LogP contribution in [0.5, 0.6) is 0 Å². The Bertz CT molecular complexity index is 997. The van der Waals surface area contributed by atoms with Gasteiger partial charge in [-0.3, -0.25) is 0 Å². The molecule has 3 aromatic rings. The van der Waals surface area contributed by atoms with Crippen LogP contribution < -0.4 is 9.14 Å². The van der Waals surface area contributed by atoms with Crippen molar-refractivity contribution >= 4 is 30.7 Å². The molecule has 0 bridgehead atoms. The van der Waals surface area contributed by atoms with E-state index in [1.165, 1.54) is 15.8 Å². The summed E-state index contributed by atoms with van der Waals surface area (Å²) in [6.07, 6.45) is 3.09. The number of hydrogen-bond acceptors (Lipinski definition) is 3. The van der Waals surface area contributed by atoms with Gasteiger partial charge in [-0.15, -0.1) is 0 Å². The molecule has 0 atom stereocenters. The molecule has 1 aliphatic rings. The van der Waals surface area contributed by atoms with Crippen molar-refractivity contribution in [2.75, 3.05) is 0 Å². The molecule has 0 saturated heterocycles. The number of nitrogens with zero attached hydrogens (tertiary/aromatic N) is 2. The van der Waals surface area contributed by atoms with Crippen LogP contribution in [0.4, 0.5) is 4.39 Å². The van der Waals surface area contributed by atoms with E-state index >= 15 is 0 Å². The normalized spacial score (nSPS) is 12.8. The van der Waals surface area contributed by atoms with Crippen LogP contribution in [-0.2, 0) is 0 Å². The van der Waals surface area contributed by atoms with E-state index in [1.54, 1.807) is 18.3 Å². The second-order valence-electron chi connectivity index (χ2n) is 5.14. The van der Waals surface area contributed by atoms with Crippen LogP contribution in [0.3, 0.4) is 0 Å². The van der Waals surface area contributed by atoms with Gasteiger partial charge >= 0.3 is 142 Å². The predicted octanol–water partition coefficient (Wildman–Crippen LogP) is 1.67. The maximum atomic E-state index is 13.4. The second kappa shape index (κ2) is 5.73. The van der Waals surface area contributed by atoms with Gasteiger partial charge in [-0.05, 0) is 0 Å². The van der Waals surface area contributed by atoms with E-state index in [0.717, 1.165) is 28.0 Å². The summed E-state index contributed by atoms with van der Waals surface area (Å²) < 4.78 is 19.3. The fraction of sp³-hybridized carbons (Fsp3) is 0. The summed E-state index contributed by atoms with van der Waals surface area (Å²) in [5.74, 6) is -0.505. The molecular formula is C17H10FN3OSn. The minimum atomic E-state index is -1.03. The van der Waals surface area contributed by atoms with Gasteiger partial charge in [0.05, 0.1) is 0 Å². The number of rotatable bonds is 2. The molecule has 23 heavy (non-hydrogen) atoms. The Morgan fingerprint density at radius 1 is 1.00 bits per heavy atom. The molecular weight excluding hydrogens is 400 g/mol. The Morgan fingerprint density at radius 2 is 1.87 bits per heavy atom. The van der Waals surface area contributed by atoms with Crippen molar-refractivity contribution in [2.45, 2.75) is 0 Å². The number of aromatic nitrogens is 2. The van der Waals surface area contributed by atoms with Crippen molar-refractivity contribution in [1.82, 2.24) is 9.97 Å². The average molecular weight is 410 g/mol. The van der Waals surface area contributed by atoms with Crippen molar-refractivity contribution < 1.29 is 4.39 Å². The Hall–Kier alpha value is -2.28. The van der Waals surface area contributed by atoms with Crippen LogP contribution in [0.2, 0.25) is 0 Å². The third-order valence-electron chi connectivity index (χ3n) is 3.67. The SMILES string of the molecule is O=c1cc(-c2cc[c]3c(c2)C(c2ccnc(F)c2)=[N][Sn]3)cc[nH]1. The predicted molar refractivity (Wildman–Crippen MR) is 87.7 cm³/mol. The molecule has 2 radical (unpaired) electrons. The van der Waals surface area contributed by atoms with Crippen LogP contribution >= 0.6 is 0 Å². The zero-order chi connectivity index (χ0) is 15.8. The summed E-state index contributed by atoms with van der Waals surface area (Å²) in [5.41, 5.74) is 4.30. The number of aromatic amines is 1. The third-order valence-corrected chi connectivity index (χ3v) is 6.56. The van der Waals surface area contributed by atoms with Gasteiger partial charge in [-0.25, -0.2) is 0 Å². The van der Waals surface area contributed by atoms with Crippen molar-refractivity contribution in [1.29, 1.82) is 0 Å². The van der Waals surface area contributed by atoms with Gasteiger partial charge < -0.3 is 0 Å². The van der Waals surface area contributed by atoms with Gasteiger partial charge in [0.1, 0.15) is 0 Å². The first-order chi connectivity index (χ1) is 11.2. The summed E-state index contributed by atoms with van der Waals surface area (Å²) in [7, 11) is 0. The van der Waals surface area contributed by atoms with E-state index in [4.69, 9.17) is 3.21 Å². The van der Waals surface area contributed by atoms with Gasteiger partial charge in [0.15, 0.2) is 0 Å². The van der Waals surface area contributed by atoms with E-state index < -0.39 is 27.4 Å². The number of pyridine rings is 2. The van der Waals surface area contributed by atoms with Crippen molar-refractivity contribution in [2.24, 2.45) is 3.21 Å². The topological polar surface area (TPSA) is 58.1 Å². The molecule has 1 aliphatic heterocycles. The van der Waals surface area contributed by atoms with E-state index in [0.29, 0.717) is 0 Å². The second-order valence-corrected chi connectivity index (χ2v) is 7.96. The number of H-pyrrole nitrogens is 1. The zero-order valence-electron chi connectivity index (χ0n) is 11.9. The molecule has 110 valence electrons. The van der Waals surface area contributed by atoms with Crippen LogP contribution in [-0.4, -0.2) is 37.1 Å². The molecule has 6 heteroatoms. The quantitative estimate of drug-likeness (QED) is 0.517. The molecule has 1 N–H and O–H groups in total. The standard InChI is InChI=1S/C17H10FN3O.Sn/c18-15-9-14(5-6-20-15)17(19)13-3-1-2-11(8-13)12-4-7-21-16(22)10-12;/h1-2,4-10H,(H,21,22);/q-1;+1. The molecule has 0 fully saturated rings. The van der Waals surface area contributed by atoms with Gasteiger partial charge in [0.25, 0.3) is 0 Å². The van der Waals surface area contributed by atoms with Crippen molar-refractivity contribution in [3.05, 3.63) is 82.3 Å². The summed E-state index contributed by atoms with van der Waals surface area (Å²) >= 11 is -1.03. The third kappa shape index (κ3) is 2.72. The Kier molecular flexibility index (Phi) is 3.57. The Labute approximate surface area is 141 Å². The molecule has 3 heterocycles.